The van der Waals surface area contributed by atoms with Crippen LogP contribution in [0, 0.1) is 0 Å². The normalized spacial score (nSPS) is 11.2. The summed E-state index contributed by atoms with van der Waals surface area (Å²) in [5.41, 5.74) is 1.00. The Kier molecular flexibility index (Phi) is 5.82. The van der Waals surface area contributed by atoms with Gasteiger partial charge in [-0.2, -0.15) is 0 Å². The minimum absolute atomic E-state index is 0.00292. The Labute approximate surface area is 123 Å². The fourth-order valence-electron chi connectivity index (χ4n) is 1.73. The summed E-state index contributed by atoms with van der Waals surface area (Å²) in [5, 5.41) is 5.75. The van der Waals surface area contributed by atoms with Crippen LogP contribution < -0.4 is 15.4 Å². The molecule has 1 rings (SSSR count). The van der Waals surface area contributed by atoms with Gasteiger partial charge in [-0.15, -0.1) is 0 Å². The van der Waals surface area contributed by atoms with E-state index < -0.39 is 0 Å². The smallest absolute Gasteiger partial charge is 0.233 e. The van der Waals surface area contributed by atoms with Crippen LogP contribution in [0.1, 0.15) is 19.4 Å². The Morgan fingerprint density at radius 1 is 1.42 bits per heavy atom. The summed E-state index contributed by atoms with van der Waals surface area (Å²) in [5.74, 6) is 0.807. The zero-order valence-electron chi connectivity index (χ0n) is 11.8. The molecule has 2 N–H and O–H groups in total. The van der Waals surface area contributed by atoms with Crippen LogP contribution in [0.25, 0.3) is 0 Å². The second-order valence-electron chi connectivity index (χ2n) is 5.04. The van der Waals surface area contributed by atoms with E-state index in [0.29, 0.717) is 13.1 Å². The summed E-state index contributed by atoms with van der Waals surface area (Å²) >= 11 is 3.48. The molecule has 0 saturated carbocycles. The lowest BCUT2D eigenvalue weighted by Crippen LogP contribution is -2.40. The van der Waals surface area contributed by atoms with Gasteiger partial charge in [0.2, 0.25) is 5.91 Å². The van der Waals surface area contributed by atoms with Gasteiger partial charge in [0, 0.05) is 12.0 Å². The van der Waals surface area contributed by atoms with Crippen molar-refractivity contribution >= 4 is 21.8 Å². The standard InChI is InChI=1S/C14H21BrN2O2/c1-14(2,9-17-13(18)8-16-3)10-5-6-12(19-4)11(15)7-10/h5-7,16H,8-9H2,1-4H3,(H,17,18). The molecule has 1 aromatic rings. The van der Waals surface area contributed by atoms with Gasteiger partial charge >= 0.3 is 0 Å². The van der Waals surface area contributed by atoms with Crippen molar-refractivity contribution in [2.24, 2.45) is 0 Å². The third-order valence-electron chi connectivity index (χ3n) is 3.00. The van der Waals surface area contributed by atoms with Gasteiger partial charge in [0.1, 0.15) is 5.75 Å². The van der Waals surface area contributed by atoms with Gasteiger partial charge in [-0.05, 0) is 40.7 Å². The van der Waals surface area contributed by atoms with Crippen molar-refractivity contribution in [2.45, 2.75) is 19.3 Å². The van der Waals surface area contributed by atoms with Crippen LogP contribution in [0.5, 0.6) is 5.75 Å². The number of amides is 1. The number of rotatable bonds is 6. The molecule has 0 unspecified atom stereocenters. The van der Waals surface area contributed by atoms with Crippen LogP contribution in [0.15, 0.2) is 22.7 Å². The Hall–Kier alpha value is -1.07. The van der Waals surface area contributed by atoms with E-state index >= 15 is 0 Å². The summed E-state index contributed by atoms with van der Waals surface area (Å²) in [7, 11) is 3.40. The molecule has 0 aliphatic carbocycles. The molecule has 0 atom stereocenters. The maximum absolute atomic E-state index is 11.5. The number of hydrogen-bond donors (Lipinski definition) is 2. The number of nitrogens with one attached hydrogen (secondary N) is 2. The van der Waals surface area contributed by atoms with Crippen molar-refractivity contribution in [1.29, 1.82) is 0 Å². The van der Waals surface area contributed by atoms with Crippen molar-refractivity contribution in [1.82, 2.24) is 10.6 Å². The summed E-state index contributed by atoms with van der Waals surface area (Å²) in [6, 6.07) is 5.98. The van der Waals surface area contributed by atoms with E-state index in [1.165, 1.54) is 0 Å². The fraction of sp³-hybridized carbons (Fsp3) is 0.500. The zero-order chi connectivity index (χ0) is 14.5. The molecule has 1 amide bonds. The minimum Gasteiger partial charge on any atom is -0.496 e. The highest BCUT2D eigenvalue weighted by Crippen LogP contribution is 2.31. The number of methoxy groups -OCH3 is 1. The second kappa shape index (κ2) is 6.91. The third kappa shape index (κ3) is 4.51. The highest BCUT2D eigenvalue weighted by Gasteiger charge is 2.22. The first kappa shape index (κ1) is 16.0. The van der Waals surface area contributed by atoms with Gasteiger partial charge in [-0.1, -0.05) is 19.9 Å². The van der Waals surface area contributed by atoms with Crippen LogP contribution in [0.4, 0.5) is 0 Å². The number of benzene rings is 1. The van der Waals surface area contributed by atoms with E-state index in [2.05, 4.69) is 40.4 Å². The molecule has 0 aromatic heterocycles. The van der Waals surface area contributed by atoms with Gasteiger partial charge in [0.25, 0.3) is 0 Å². The molecule has 0 fully saturated rings. The molecule has 1 aromatic carbocycles. The Balaban J connectivity index is 2.76. The summed E-state index contributed by atoms with van der Waals surface area (Å²) in [4.78, 5) is 11.5. The van der Waals surface area contributed by atoms with Crippen LogP contribution in [-0.2, 0) is 10.2 Å². The topological polar surface area (TPSA) is 50.4 Å². The van der Waals surface area contributed by atoms with Crippen molar-refractivity contribution in [3.8, 4) is 5.75 Å². The van der Waals surface area contributed by atoms with E-state index in [-0.39, 0.29) is 11.3 Å². The number of ether oxygens (including phenoxy) is 1. The predicted molar refractivity (Wildman–Crippen MR) is 80.7 cm³/mol. The lowest BCUT2D eigenvalue weighted by atomic mass is 9.84. The summed E-state index contributed by atoms with van der Waals surface area (Å²) in [6.45, 7) is 5.12. The molecule has 19 heavy (non-hydrogen) atoms. The van der Waals surface area contributed by atoms with Crippen LogP contribution in [0.3, 0.4) is 0 Å². The lowest BCUT2D eigenvalue weighted by molar-refractivity contribution is -0.120. The van der Waals surface area contributed by atoms with Crippen molar-refractivity contribution in [3.63, 3.8) is 0 Å². The number of hydrogen-bond acceptors (Lipinski definition) is 3. The number of carbonyl (C=O) groups is 1. The second-order valence-corrected chi connectivity index (χ2v) is 5.89. The lowest BCUT2D eigenvalue weighted by Gasteiger charge is -2.26. The van der Waals surface area contributed by atoms with Crippen molar-refractivity contribution in [2.75, 3.05) is 27.2 Å². The molecule has 106 valence electrons. The molecule has 0 saturated heterocycles. The predicted octanol–water partition coefficient (Wildman–Crippen LogP) is 2.07. The average molecular weight is 329 g/mol. The van der Waals surface area contributed by atoms with E-state index in [0.717, 1.165) is 15.8 Å². The van der Waals surface area contributed by atoms with E-state index in [1.54, 1.807) is 14.2 Å². The molecule has 0 spiro atoms. The Morgan fingerprint density at radius 2 is 2.11 bits per heavy atom. The monoisotopic (exact) mass is 328 g/mol. The molecule has 0 heterocycles. The van der Waals surface area contributed by atoms with Gasteiger partial charge in [0.15, 0.2) is 0 Å². The summed E-state index contributed by atoms with van der Waals surface area (Å²) in [6.07, 6.45) is 0. The minimum atomic E-state index is -0.141. The van der Waals surface area contributed by atoms with E-state index in [9.17, 15) is 4.79 Å². The van der Waals surface area contributed by atoms with Crippen LogP contribution in [-0.4, -0.2) is 33.2 Å². The maximum atomic E-state index is 11.5. The molecular formula is C14H21BrN2O2. The van der Waals surface area contributed by atoms with Gasteiger partial charge < -0.3 is 15.4 Å². The van der Waals surface area contributed by atoms with Crippen molar-refractivity contribution in [3.05, 3.63) is 28.2 Å². The molecule has 0 aliphatic rings. The SMILES string of the molecule is CNCC(=O)NCC(C)(C)c1ccc(OC)c(Br)c1. The first-order valence-corrected chi connectivity index (χ1v) is 6.95. The molecule has 0 radical (unpaired) electrons. The number of halogens is 1. The van der Waals surface area contributed by atoms with Gasteiger partial charge in [0.05, 0.1) is 18.1 Å². The molecule has 5 heteroatoms. The number of likely N-dealkylation sites (N-methyl/N-ethyl adjacent to an activating group) is 1. The first-order chi connectivity index (χ1) is 8.90. The van der Waals surface area contributed by atoms with Crippen molar-refractivity contribution < 1.29 is 9.53 Å². The Bertz CT molecular complexity index is 447. The zero-order valence-corrected chi connectivity index (χ0v) is 13.4. The fourth-order valence-corrected chi connectivity index (χ4v) is 2.27. The maximum Gasteiger partial charge on any atom is 0.233 e. The molecule has 0 bridgehead atoms. The van der Waals surface area contributed by atoms with Crippen LogP contribution >= 0.6 is 15.9 Å². The van der Waals surface area contributed by atoms with Gasteiger partial charge in [-0.25, -0.2) is 0 Å². The summed E-state index contributed by atoms with van der Waals surface area (Å²) < 4.78 is 6.14. The molecular weight excluding hydrogens is 308 g/mol. The highest BCUT2D eigenvalue weighted by atomic mass is 79.9. The third-order valence-corrected chi connectivity index (χ3v) is 3.62. The first-order valence-electron chi connectivity index (χ1n) is 6.16. The Morgan fingerprint density at radius 3 is 2.63 bits per heavy atom. The van der Waals surface area contributed by atoms with Gasteiger partial charge in [-0.3, -0.25) is 4.79 Å². The molecule has 0 aliphatic heterocycles. The molecule has 4 nitrogen and oxygen atoms in total. The van der Waals surface area contributed by atoms with Crippen LogP contribution in [0.2, 0.25) is 0 Å². The average Bonchev–Trinajstić information content (AvgIpc) is 2.37. The number of carbonyl (C=O) groups excluding carboxylic acids is 1. The largest absolute Gasteiger partial charge is 0.496 e. The highest BCUT2D eigenvalue weighted by molar-refractivity contribution is 9.10. The quantitative estimate of drug-likeness (QED) is 0.840. The van der Waals surface area contributed by atoms with E-state index in [1.807, 2.05) is 18.2 Å². The van der Waals surface area contributed by atoms with E-state index in [4.69, 9.17) is 4.74 Å².